The lowest BCUT2D eigenvalue weighted by molar-refractivity contribution is -0.384. The molecule has 2 aliphatic heterocycles. The number of hydrogen-bond acceptors (Lipinski definition) is 5. The number of nitrogens with one attached hydrogen (secondary N) is 1. The molecule has 0 saturated carbocycles. The second kappa shape index (κ2) is 6.82. The van der Waals surface area contributed by atoms with Crippen LogP contribution in [0.4, 0.5) is 11.4 Å². The predicted molar refractivity (Wildman–Crippen MR) is 95.8 cm³/mol. The quantitative estimate of drug-likeness (QED) is 0.673. The van der Waals surface area contributed by atoms with Crippen molar-refractivity contribution in [1.29, 1.82) is 0 Å². The highest BCUT2D eigenvalue weighted by Gasteiger charge is 2.39. The fraction of sp³-hybridized carbons (Fsp3) is 0.421. The molecule has 1 saturated heterocycles. The molecule has 4 rings (SSSR count). The van der Waals surface area contributed by atoms with Crippen molar-refractivity contribution in [3.63, 3.8) is 0 Å². The lowest BCUT2D eigenvalue weighted by atomic mass is 9.80. The fourth-order valence-corrected chi connectivity index (χ4v) is 4.16. The number of benzene rings is 1. The van der Waals surface area contributed by atoms with E-state index in [1.165, 1.54) is 0 Å². The number of carbonyl (C=O) groups excluding carboxylic acids is 1. The number of rotatable bonds is 4. The Morgan fingerprint density at radius 2 is 2.23 bits per heavy atom. The number of non-ortho nitro benzene ring substituents is 1. The highest BCUT2D eigenvalue weighted by atomic mass is 16.6. The van der Waals surface area contributed by atoms with Crippen molar-refractivity contribution in [2.45, 2.75) is 38.3 Å². The molecule has 0 radical (unpaired) electrons. The van der Waals surface area contributed by atoms with Gasteiger partial charge in [-0.2, -0.15) is 0 Å². The zero-order valence-electron chi connectivity index (χ0n) is 14.4. The monoisotopic (exact) mass is 355 g/mol. The minimum absolute atomic E-state index is 0.0181. The Morgan fingerprint density at radius 3 is 3.00 bits per heavy atom. The summed E-state index contributed by atoms with van der Waals surface area (Å²) in [5.41, 5.74) is 2.00. The molecule has 1 fully saturated rings. The highest BCUT2D eigenvalue weighted by molar-refractivity contribution is 5.82. The Balaban J connectivity index is 1.59. The van der Waals surface area contributed by atoms with Gasteiger partial charge in [-0.15, -0.1) is 0 Å². The molecule has 3 heterocycles. The van der Waals surface area contributed by atoms with E-state index in [0.717, 1.165) is 37.1 Å². The third-order valence-corrected chi connectivity index (χ3v) is 5.39. The first kappa shape index (κ1) is 16.6. The van der Waals surface area contributed by atoms with Crippen LogP contribution in [0.5, 0.6) is 0 Å². The van der Waals surface area contributed by atoms with Crippen molar-refractivity contribution in [1.82, 2.24) is 5.32 Å². The minimum atomic E-state index is -0.380. The third-order valence-electron chi connectivity index (χ3n) is 5.39. The maximum atomic E-state index is 12.9. The summed E-state index contributed by atoms with van der Waals surface area (Å²) in [6.45, 7) is 1.24. The molecule has 2 aliphatic rings. The van der Waals surface area contributed by atoms with Crippen LogP contribution in [0.15, 0.2) is 41.0 Å². The second-order valence-corrected chi connectivity index (χ2v) is 6.93. The van der Waals surface area contributed by atoms with Crippen LogP contribution >= 0.6 is 0 Å². The highest BCUT2D eigenvalue weighted by Crippen LogP contribution is 2.39. The van der Waals surface area contributed by atoms with Crippen LogP contribution in [0.2, 0.25) is 0 Å². The number of nitro benzene ring substituents is 1. The topological polar surface area (TPSA) is 88.6 Å². The van der Waals surface area contributed by atoms with Crippen LogP contribution in [0, 0.1) is 16.0 Å². The number of carbonyl (C=O) groups is 1. The predicted octanol–water partition coefficient (Wildman–Crippen LogP) is 3.04. The maximum absolute atomic E-state index is 12.9. The Kier molecular flexibility index (Phi) is 4.36. The number of fused-ring (bicyclic) bond motifs is 3. The lowest BCUT2D eigenvalue weighted by Gasteiger charge is -2.45. The van der Waals surface area contributed by atoms with E-state index in [4.69, 9.17) is 4.42 Å². The molecule has 1 amide bonds. The van der Waals surface area contributed by atoms with Crippen molar-refractivity contribution in [2.75, 3.05) is 11.4 Å². The summed E-state index contributed by atoms with van der Waals surface area (Å²) in [7, 11) is 0. The average molecular weight is 355 g/mol. The van der Waals surface area contributed by atoms with E-state index in [2.05, 4.69) is 10.2 Å². The Bertz CT molecular complexity index is 818. The molecule has 0 aliphatic carbocycles. The molecule has 2 aromatic rings. The molecular weight excluding hydrogens is 334 g/mol. The molecule has 7 heteroatoms. The molecule has 0 bridgehead atoms. The maximum Gasteiger partial charge on any atom is 0.269 e. The summed E-state index contributed by atoms with van der Waals surface area (Å²) < 4.78 is 5.28. The number of nitro groups is 1. The number of piperidine rings is 1. The molecule has 136 valence electrons. The normalized spacial score (nSPS) is 21.6. The van der Waals surface area contributed by atoms with E-state index < -0.39 is 0 Å². The van der Waals surface area contributed by atoms with Gasteiger partial charge < -0.3 is 14.6 Å². The molecule has 2 atom stereocenters. The first-order chi connectivity index (χ1) is 12.6. The fourth-order valence-electron chi connectivity index (χ4n) is 4.16. The van der Waals surface area contributed by atoms with Gasteiger partial charge in [0.1, 0.15) is 5.76 Å². The number of anilines is 1. The summed E-state index contributed by atoms with van der Waals surface area (Å²) in [6, 6.07) is 8.78. The second-order valence-electron chi connectivity index (χ2n) is 6.93. The Morgan fingerprint density at radius 1 is 1.35 bits per heavy atom. The SMILES string of the molecule is O=C(NCc1ccco1)[C@@H]1Cc2cc([N+](=O)[O-])ccc2N2CCCC[C@H]12. The molecule has 1 aromatic heterocycles. The van der Waals surface area contributed by atoms with E-state index in [9.17, 15) is 14.9 Å². The van der Waals surface area contributed by atoms with Gasteiger partial charge in [-0.3, -0.25) is 14.9 Å². The van der Waals surface area contributed by atoms with Gasteiger partial charge in [0.15, 0.2) is 0 Å². The molecule has 1 aromatic carbocycles. The summed E-state index contributed by atoms with van der Waals surface area (Å²) in [4.78, 5) is 25.9. The van der Waals surface area contributed by atoms with E-state index in [-0.39, 0.29) is 28.5 Å². The number of furan rings is 1. The molecular formula is C19H21N3O4. The molecule has 26 heavy (non-hydrogen) atoms. The summed E-state index contributed by atoms with van der Waals surface area (Å²) >= 11 is 0. The largest absolute Gasteiger partial charge is 0.467 e. The Hall–Kier alpha value is -2.83. The van der Waals surface area contributed by atoms with Gasteiger partial charge in [-0.25, -0.2) is 0 Å². The van der Waals surface area contributed by atoms with Crippen LogP contribution in [0.3, 0.4) is 0 Å². The summed E-state index contributed by atoms with van der Waals surface area (Å²) in [6.07, 6.45) is 5.26. The van der Waals surface area contributed by atoms with Gasteiger partial charge in [0, 0.05) is 30.4 Å². The zero-order chi connectivity index (χ0) is 18.1. The van der Waals surface area contributed by atoms with Gasteiger partial charge in [-0.1, -0.05) is 0 Å². The summed E-state index contributed by atoms with van der Waals surface area (Å²) in [5, 5.41) is 14.1. The van der Waals surface area contributed by atoms with Crippen molar-refractivity contribution in [3.05, 3.63) is 58.0 Å². The van der Waals surface area contributed by atoms with Crippen molar-refractivity contribution < 1.29 is 14.1 Å². The van der Waals surface area contributed by atoms with Crippen LogP contribution in [0.25, 0.3) is 0 Å². The lowest BCUT2D eigenvalue weighted by Crippen LogP contribution is -2.53. The first-order valence-electron chi connectivity index (χ1n) is 8.97. The number of hydrogen-bond donors (Lipinski definition) is 1. The third kappa shape index (κ3) is 3.05. The van der Waals surface area contributed by atoms with Gasteiger partial charge in [0.25, 0.3) is 5.69 Å². The average Bonchev–Trinajstić information content (AvgIpc) is 3.18. The molecule has 0 spiro atoms. The van der Waals surface area contributed by atoms with Crippen LogP contribution < -0.4 is 10.2 Å². The smallest absolute Gasteiger partial charge is 0.269 e. The van der Waals surface area contributed by atoms with Crippen molar-refractivity contribution >= 4 is 17.3 Å². The number of amides is 1. The van der Waals surface area contributed by atoms with E-state index in [0.29, 0.717) is 18.7 Å². The van der Waals surface area contributed by atoms with E-state index >= 15 is 0 Å². The minimum Gasteiger partial charge on any atom is -0.467 e. The van der Waals surface area contributed by atoms with Gasteiger partial charge in [0.05, 0.1) is 23.6 Å². The van der Waals surface area contributed by atoms with Gasteiger partial charge in [-0.05, 0) is 49.4 Å². The molecule has 1 N–H and O–H groups in total. The molecule has 0 unspecified atom stereocenters. The van der Waals surface area contributed by atoms with Gasteiger partial charge >= 0.3 is 0 Å². The molecule has 7 nitrogen and oxygen atoms in total. The zero-order valence-corrected chi connectivity index (χ0v) is 14.4. The van der Waals surface area contributed by atoms with Gasteiger partial charge in [0.2, 0.25) is 5.91 Å². The van der Waals surface area contributed by atoms with Crippen molar-refractivity contribution in [3.8, 4) is 0 Å². The first-order valence-corrected chi connectivity index (χ1v) is 8.97. The van der Waals surface area contributed by atoms with Crippen LogP contribution in [-0.2, 0) is 17.8 Å². The van der Waals surface area contributed by atoms with Crippen LogP contribution in [-0.4, -0.2) is 23.4 Å². The number of nitrogens with zero attached hydrogens (tertiary/aromatic N) is 2. The van der Waals surface area contributed by atoms with E-state index in [1.54, 1.807) is 24.5 Å². The summed E-state index contributed by atoms with van der Waals surface area (Å²) in [5.74, 6) is 0.487. The van der Waals surface area contributed by atoms with E-state index in [1.807, 2.05) is 12.1 Å². The Labute approximate surface area is 151 Å². The van der Waals surface area contributed by atoms with Crippen LogP contribution in [0.1, 0.15) is 30.6 Å². The standard InChI is InChI=1S/C19H21N3O4/c23-19(20-12-15-4-3-9-26-15)16-11-13-10-14(22(24)25)6-7-17(13)21-8-2-1-5-18(16)21/h3-4,6-7,9-10,16,18H,1-2,5,8,11-12H2,(H,20,23)/t16-,18-/m1/s1. The van der Waals surface area contributed by atoms with Crippen molar-refractivity contribution in [2.24, 2.45) is 5.92 Å².